The molecule has 132 valence electrons. The molecule has 0 aliphatic rings. The molecule has 1 amide bonds. The number of rotatable bonds is 5. The molecule has 10 heteroatoms. The van der Waals surface area contributed by atoms with Gasteiger partial charge in [0, 0.05) is 23.9 Å². The smallest absolute Gasteiger partial charge is 0.422 e. The minimum Gasteiger partial charge on any atom is -0.484 e. The molecule has 2 rings (SSSR count). The monoisotopic (exact) mass is 358 g/mol. The molecule has 0 heterocycles. The van der Waals surface area contributed by atoms with Gasteiger partial charge >= 0.3 is 6.18 Å². The topological polar surface area (TPSA) is 81.5 Å². The maximum atomic E-state index is 13.7. The largest absolute Gasteiger partial charge is 0.484 e. The number of nitro groups is 1. The van der Waals surface area contributed by atoms with Crippen molar-refractivity contribution in [3.8, 4) is 5.75 Å². The molecule has 2 aromatic carbocycles. The number of halogens is 4. The summed E-state index contributed by atoms with van der Waals surface area (Å²) >= 11 is 0. The lowest BCUT2D eigenvalue weighted by Crippen LogP contribution is -2.19. The van der Waals surface area contributed by atoms with Crippen LogP contribution < -0.4 is 10.1 Å². The normalized spacial score (nSPS) is 11.0. The van der Waals surface area contributed by atoms with E-state index in [0.717, 1.165) is 24.3 Å². The zero-order valence-electron chi connectivity index (χ0n) is 12.3. The number of nitrogens with zero attached hydrogens (tertiary/aromatic N) is 1. The number of ether oxygens (including phenoxy) is 1. The van der Waals surface area contributed by atoms with Crippen molar-refractivity contribution in [2.45, 2.75) is 6.18 Å². The molecule has 0 aromatic heterocycles. The molecule has 0 saturated heterocycles. The summed E-state index contributed by atoms with van der Waals surface area (Å²) in [5, 5.41) is 12.9. The lowest BCUT2D eigenvalue weighted by molar-refractivity contribution is -0.384. The van der Waals surface area contributed by atoms with Gasteiger partial charge < -0.3 is 10.1 Å². The Morgan fingerprint density at radius 2 is 1.92 bits per heavy atom. The molecule has 0 saturated carbocycles. The molecule has 0 aliphatic heterocycles. The third kappa shape index (κ3) is 5.16. The first-order valence-corrected chi connectivity index (χ1v) is 6.70. The van der Waals surface area contributed by atoms with Gasteiger partial charge in [0.15, 0.2) is 6.61 Å². The van der Waals surface area contributed by atoms with Crippen LogP contribution in [0.1, 0.15) is 10.4 Å². The van der Waals surface area contributed by atoms with E-state index in [2.05, 4.69) is 10.1 Å². The van der Waals surface area contributed by atoms with E-state index in [-0.39, 0.29) is 11.4 Å². The minimum absolute atomic E-state index is 0.0376. The number of anilines is 1. The van der Waals surface area contributed by atoms with Gasteiger partial charge in [0.2, 0.25) is 0 Å². The lowest BCUT2D eigenvalue weighted by atomic mass is 10.1. The van der Waals surface area contributed by atoms with Crippen molar-refractivity contribution in [2.24, 2.45) is 0 Å². The number of nitrogens with one attached hydrogen (secondary N) is 1. The Labute approximate surface area is 138 Å². The number of amides is 1. The van der Waals surface area contributed by atoms with E-state index < -0.39 is 40.7 Å². The van der Waals surface area contributed by atoms with E-state index in [0.29, 0.717) is 0 Å². The lowest BCUT2D eigenvalue weighted by Gasteiger charge is -2.11. The predicted octanol–water partition coefficient (Wildman–Crippen LogP) is 3.93. The first-order valence-electron chi connectivity index (χ1n) is 6.70. The standard InChI is InChI=1S/C15H10F4N2O4/c16-13-5-4-10(21(23)24)7-12(13)14(22)20-9-2-1-3-11(6-9)25-8-15(17,18)19/h1-7H,8H2,(H,20,22). The molecular formula is C15H10F4N2O4. The Balaban J connectivity index is 2.16. The van der Waals surface area contributed by atoms with Crippen molar-refractivity contribution in [3.63, 3.8) is 0 Å². The van der Waals surface area contributed by atoms with E-state index in [1.165, 1.54) is 18.2 Å². The van der Waals surface area contributed by atoms with E-state index in [4.69, 9.17) is 0 Å². The predicted molar refractivity (Wildman–Crippen MR) is 79.0 cm³/mol. The Kier molecular flexibility index (Phi) is 5.20. The quantitative estimate of drug-likeness (QED) is 0.499. The average molecular weight is 358 g/mol. The van der Waals surface area contributed by atoms with Crippen molar-refractivity contribution in [3.05, 3.63) is 64.0 Å². The summed E-state index contributed by atoms with van der Waals surface area (Å²) in [6.45, 7) is -1.51. The minimum atomic E-state index is -4.52. The highest BCUT2D eigenvalue weighted by Gasteiger charge is 2.28. The van der Waals surface area contributed by atoms with Crippen LogP contribution >= 0.6 is 0 Å². The fraction of sp³-hybridized carbons (Fsp3) is 0.133. The Morgan fingerprint density at radius 1 is 1.20 bits per heavy atom. The van der Waals surface area contributed by atoms with Crippen LogP contribution in [-0.4, -0.2) is 23.6 Å². The van der Waals surface area contributed by atoms with Gasteiger partial charge in [-0.05, 0) is 18.2 Å². The number of benzene rings is 2. The van der Waals surface area contributed by atoms with Gasteiger partial charge in [-0.3, -0.25) is 14.9 Å². The van der Waals surface area contributed by atoms with E-state index in [1.807, 2.05) is 0 Å². The summed E-state index contributed by atoms with van der Waals surface area (Å²) in [6, 6.07) is 7.45. The maximum absolute atomic E-state index is 13.7. The number of nitro benzene ring substituents is 1. The first-order chi connectivity index (χ1) is 11.7. The molecular weight excluding hydrogens is 348 g/mol. The molecule has 0 radical (unpaired) electrons. The molecule has 2 aromatic rings. The summed E-state index contributed by atoms with van der Waals surface area (Å²) in [5.41, 5.74) is -1.01. The third-order valence-electron chi connectivity index (χ3n) is 2.90. The second kappa shape index (κ2) is 7.16. The van der Waals surface area contributed by atoms with Crippen LogP contribution in [0.25, 0.3) is 0 Å². The highest BCUT2D eigenvalue weighted by molar-refractivity contribution is 6.04. The van der Waals surface area contributed by atoms with Crippen molar-refractivity contribution in [2.75, 3.05) is 11.9 Å². The number of hydrogen-bond donors (Lipinski definition) is 1. The summed E-state index contributed by atoms with van der Waals surface area (Å²) in [4.78, 5) is 21.9. The maximum Gasteiger partial charge on any atom is 0.422 e. The highest BCUT2D eigenvalue weighted by atomic mass is 19.4. The molecule has 25 heavy (non-hydrogen) atoms. The average Bonchev–Trinajstić information content (AvgIpc) is 2.52. The van der Waals surface area contributed by atoms with Gasteiger partial charge in [0.1, 0.15) is 11.6 Å². The van der Waals surface area contributed by atoms with E-state index >= 15 is 0 Å². The summed E-state index contributed by atoms with van der Waals surface area (Å²) in [7, 11) is 0. The van der Waals surface area contributed by atoms with Gasteiger partial charge in [0.25, 0.3) is 11.6 Å². The van der Waals surface area contributed by atoms with Gasteiger partial charge in [-0.2, -0.15) is 13.2 Å². The molecule has 1 N–H and O–H groups in total. The number of hydrogen-bond acceptors (Lipinski definition) is 4. The zero-order valence-corrected chi connectivity index (χ0v) is 12.3. The fourth-order valence-electron chi connectivity index (χ4n) is 1.83. The van der Waals surface area contributed by atoms with Gasteiger partial charge in [-0.1, -0.05) is 6.07 Å². The van der Waals surface area contributed by atoms with E-state index in [1.54, 1.807) is 0 Å². The third-order valence-corrected chi connectivity index (χ3v) is 2.90. The molecule has 6 nitrogen and oxygen atoms in total. The Bertz CT molecular complexity index is 808. The molecule has 0 unspecified atom stereocenters. The second-order valence-electron chi connectivity index (χ2n) is 4.81. The Morgan fingerprint density at radius 3 is 2.56 bits per heavy atom. The molecule has 0 aliphatic carbocycles. The van der Waals surface area contributed by atoms with Crippen LogP contribution in [-0.2, 0) is 0 Å². The van der Waals surface area contributed by atoms with Gasteiger partial charge in [0.05, 0.1) is 10.5 Å². The SMILES string of the molecule is O=C(Nc1cccc(OCC(F)(F)F)c1)c1cc([N+](=O)[O-])ccc1F. The van der Waals surface area contributed by atoms with Crippen molar-refractivity contribution in [1.29, 1.82) is 0 Å². The van der Waals surface area contributed by atoms with Crippen LogP contribution in [0, 0.1) is 15.9 Å². The van der Waals surface area contributed by atoms with Crippen molar-refractivity contribution < 1.29 is 32.0 Å². The number of alkyl halides is 3. The van der Waals surface area contributed by atoms with Crippen molar-refractivity contribution in [1.82, 2.24) is 0 Å². The van der Waals surface area contributed by atoms with Crippen LogP contribution in [0.15, 0.2) is 42.5 Å². The van der Waals surface area contributed by atoms with Gasteiger partial charge in [-0.15, -0.1) is 0 Å². The number of carbonyl (C=O) groups is 1. The van der Waals surface area contributed by atoms with Crippen LogP contribution in [0.5, 0.6) is 5.75 Å². The fourth-order valence-corrected chi connectivity index (χ4v) is 1.83. The zero-order chi connectivity index (χ0) is 18.6. The molecule has 0 bridgehead atoms. The first kappa shape index (κ1) is 18.2. The van der Waals surface area contributed by atoms with Crippen LogP contribution in [0.2, 0.25) is 0 Å². The van der Waals surface area contributed by atoms with Crippen LogP contribution in [0.3, 0.4) is 0 Å². The molecule has 0 spiro atoms. The number of carbonyl (C=O) groups excluding carboxylic acids is 1. The van der Waals surface area contributed by atoms with Crippen molar-refractivity contribution >= 4 is 17.3 Å². The highest BCUT2D eigenvalue weighted by Crippen LogP contribution is 2.23. The second-order valence-corrected chi connectivity index (χ2v) is 4.81. The summed E-state index contributed by atoms with van der Waals surface area (Å²) in [6.07, 6.45) is -4.52. The molecule has 0 fully saturated rings. The Hall–Kier alpha value is -3.17. The van der Waals surface area contributed by atoms with Crippen LogP contribution in [0.4, 0.5) is 28.9 Å². The molecule has 0 atom stereocenters. The summed E-state index contributed by atoms with van der Waals surface area (Å²) in [5.74, 6) is -2.13. The summed E-state index contributed by atoms with van der Waals surface area (Å²) < 4.78 is 54.6. The van der Waals surface area contributed by atoms with E-state index in [9.17, 15) is 32.5 Å². The number of non-ortho nitro benzene ring substituents is 1. The van der Waals surface area contributed by atoms with Gasteiger partial charge in [-0.25, -0.2) is 4.39 Å².